The minimum Gasteiger partial charge on any atom is -0.363 e. The van der Waals surface area contributed by atoms with E-state index in [4.69, 9.17) is 5.73 Å². The first-order chi connectivity index (χ1) is 8.42. The molecule has 0 saturated carbocycles. The number of aromatic nitrogens is 3. The summed E-state index contributed by atoms with van der Waals surface area (Å²) in [6.07, 6.45) is 1.40. The lowest BCUT2D eigenvalue weighted by atomic mass is 10.4. The van der Waals surface area contributed by atoms with Crippen LogP contribution in [0.3, 0.4) is 0 Å². The van der Waals surface area contributed by atoms with Crippen molar-refractivity contribution in [1.82, 2.24) is 14.8 Å². The van der Waals surface area contributed by atoms with E-state index in [1.807, 2.05) is 6.92 Å². The maximum Gasteiger partial charge on any atom is 0.264 e. The molecule has 2 heterocycles. The van der Waals surface area contributed by atoms with Gasteiger partial charge in [0, 0.05) is 37.2 Å². The summed E-state index contributed by atoms with van der Waals surface area (Å²) in [5.41, 5.74) is 6.95. The van der Waals surface area contributed by atoms with Gasteiger partial charge in [0.2, 0.25) is 0 Å². The van der Waals surface area contributed by atoms with Crippen LogP contribution < -0.4 is 10.5 Å². The van der Waals surface area contributed by atoms with Crippen LogP contribution in [0, 0.1) is 6.92 Å². The number of nitrogens with two attached hydrogens (primary N) is 1. The summed E-state index contributed by atoms with van der Waals surface area (Å²) in [6.45, 7) is 2.10. The fraction of sp³-hybridized carbons (Fsp3) is 0.300. The van der Waals surface area contributed by atoms with Crippen molar-refractivity contribution in [2.24, 2.45) is 12.8 Å². The third-order valence-corrected chi connectivity index (χ3v) is 3.93. The van der Waals surface area contributed by atoms with Crippen molar-refractivity contribution in [3.63, 3.8) is 0 Å². The summed E-state index contributed by atoms with van der Waals surface area (Å²) in [6, 6.07) is 3.16. The maximum absolute atomic E-state index is 12.0. The van der Waals surface area contributed by atoms with E-state index in [9.17, 15) is 8.42 Å². The summed E-state index contributed by atoms with van der Waals surface area (Å²) < 4.78 is 28.1. The molecule has 0 aliphatic heterocycles. The first kappa shape index (κ1) is 12.7. The Balaban J connectivity index is 2.26. The number of rotatable bonds is 4. The monoisotopic (exact) mass is 269 g/mol. The van der Waals surface area contributed by atoms with Crippen LogP contribution >= 0.6 is 0 Å². The molecule has 0 saturated heterocycles. The Labute approximate surface area is 105 Å². The highest BCUT2D eigenvalue weighted by atomic mass is 32.2. The van der Waals surface area contributed by atoms with Crippen LogP contribution in [0.25, 0.3) is 0 Å². The molecule has 2 aromatic heterocycles. The number of hydrogen-bond donors (Lipinski definition) is 3. The van der Waals surface area contributed by atoms with Gasteiger partial charge in [-0.1, -0.05) is 0 Å². The van der Waals surface area contributed by atoms with E-state index in [1.165, 1.54) is 12.3 Å². The number of hydrogen-bond acceptors (Lipinski definition) is 4. The number of nitrogens with one attached hydrogen (secondary N) is 2. The fourth-order valence-corrected chi connectivity index (χ4v) is 2.50. The molecule has 0 aromatic carbocycles. The molecule has 2 rings (SSSR count). The zero-order valence-corrected chi connectivity index (χ0v) is 11.0. The first-order valence-corrected chi connectivity index (χ1v) is 6.81. The van der Waals surface area contributed by atoms with E-state index in [1.54, 1.807) is 17.8 Å². The number of nitrogens with zero attached hydrogens (tertiary/aromatic N) is 2. The van der Waals surface area contributed by atoms with E-state index in [-0.39, 0.29) is 11.4 Å². The molecule has 7 nitrogen and oxygen atoms in total. The summed E-state index contributed by atoms with van der Waals surface area (Å²) >= 11 is 0. The second-order valence-electron chi connectivity index (χ2n) is 3.96. The predicted octanol–water partition coefficient (Wildman–Crippen LogP) is 0.316. The van der Waals surface area contributed by atoms with Crippen molar-refractivity contribution in [3.05, 3.63) is 29.7 Å². The van der Waals surface area contributed by atoms with Gasteiger partial charge in [0.25, 0.3) is 10.0 Å². The Morgan fingerprint density at radius 2 is 2.22 bits per heavy atom. The molecule has 0 fully saturated rings. The van der Waals surface area contributed by atoms with Crippen LogP contribution in [0.5, 0.6) is 0 Å². The van der Waals surface area contributed by atoms with Gasteiger partial charge < -0.3 is 10.7 Å². The van der Waals surface area contributed by atoms with Crippen LogP contribution in [0.1, 0.15) is 11.4 Å². The van der Waals surface area contributed by atoms with Gasteiger partial charge in [-0.05, 0) is 13.0 Å². The van der Waals surface area contributed by atoms with Crippen LogP contribution in [-0.2, 0) is 23.6 Å². The van der Waals surface area contributed by atoms with Gasteiger partial charge in [-0.3, -0.25) is 9.40 Å². The number of aryl methyl sites for hydroxylation is 2. The number of aromatic amines is 1. The first-order valence-electron chi connectivity index (χ1n) is 5.33. The molecule has 2 aromatic rings. The Morgan fingerprint density at radius 3 is 2.72 bits per heavy atom. The van der Waals surface area contributed by atoms with E-state index in [0.717, 1.165) is 5.69 Å². The highest BCUT2D eigenvalue weighted by molar-refractivity contribution is 7.92. The molecule has 0 spiro atoms. The average Bonchev–Trinajstić information content (AvgIpc) is 2.86. The molecule has 0 aliphatic carbocycles. The molecule has 0 bridgehead atoms. The maximum atomic E-state index is 12.0. The van der Waals surface area contributed by atoms with E-state index in [2.05, 4.69) is 14.8 Å². The predicted molar refractivity (Wildman–Crippen MR) is 67.4 cm³/mol. The molecule has 18 heavy (non-hydrogen) atoms. The largest absolute Gasteiger partial charge is 0.363 e. The molecule has 0 atom stereocenters. The Kier molecular flexibility index (Phi) is 3.14. The molecule has 0 unspecified atom stereocenters. The summed E-state index contributed by atoms with van der Waals surface area (Å²) in [5, 5.41) is 4.04. The highest BCUT2D eigenvalue weighted by Crippen LogP contribution is 2.16. The normalized spacial score (nSPS) is 11.7. The number of sulfonamides is 1. The van der Waals surface area contributed by atoms with Crippen molar-refractivity contribution in [2.45, 2.75) is 18.4 Å². The molecule has 4 N–H and O–H groups in total. The number of anilines is 1. The highest BCUT2D eigenvalue weighted by Gasteiger charge is 2.17. The van der Waals surface area contributed by atoms with Gasteiger partial charge in [-0.25, -0.2) is 8.42 Å². The Morgan fingerprint density at radius 1 is 1.50 bits per heavy atom. The van der Waals surface area contributed by atoms with Crippen molar-refractivity contribution >= 4 is 15.8 Å². The molecule has 8 heteroatoms. The minimum absolute atomic E-state index is 0.145. The van der Waals surface area contributed by atoms with Crippen molar-refractivity contribution < 1.29 is 8.42 Å². The topological polar surface area (TPSA) is 106 Å². The smallest absolute Gasteiger partial charge is 0.264 e. The van der Waals surface area contributed by atoms with Crippen molar-refractivity contribution in [2.75, 3.05) is 4.72 Å². The quantitative estimate of drug-likeness (QED) is 0.743. The number of H-pyrrole nitrogens is 1. The Hall–Kier alpha value is -1.80. The van der Waals surface area contributed by atoms with Crippen LogP contribution in [-0.4, -0.2) is 23.2 Å². The van der Waals surface area contributed by atoms with E-state index < -0.39 is 10.0 Å². The van der Waals surface area contributed by atoms with E-state index >= 15 is 0 Å². The van der Waals surface area contributed by atoms with Crippen molar-refractivity contribution in [1.29, 1.82) is 0 Å². The van der Waals surface area contributed by atoms with Crippen LogP contribution in [0.4, 0.5) is 5.82 Å². The van der Waals surface area contributed by atoms with Gasteiger partial charge >= 0.3 is 0 Å². The second-order valence-corrected chi connectivity index (χ2v) is 5.65. The molecule has 0 amide bonds. The summed E-state index contributed by atoms with van der Waals surface area (Å²) in [5.74, 6) is 0.297. The third kappa shape index (κ3) is 2.39. The standard InChI is InChI=1S/C10H15N5O2S/c1-7-3-10(13-15(7)2)14-18(16,17)9-4-8(5-11)12-6-9/h3-4,6,12H,5,11H2,1-2H3,(H,13,14). The molecular formula is C10H15N5O2S. The lowest BCUT2D eigenvalue weighted by molar-refractivity contribution is 0.601. The van der Waals surface area contributed by atoms with Gasteiger partial charge in [-0.2, -0.15) is 5.10 Å². The van der Waals surface area contributed by atoms with Gasteiger partial charge in [0.05, 0.1) is 0 Å². The average molecular weight is 269 g/mol. The molecular weight excluding hydrogens is 254 g/mol. The summed E-state index contributed by atoms with van der Waals surface area (Å²) in [7, 11) is -1.87. The van der Waals surface area contributed by atoms with Gasteiger partial charge in [0.15, 0.2) is 5.82 Å². The van der Waals surface area contributed by atoms with Gasteiger partial charge in [-0.15, -0.1) is 0 Å². The van der Waals surface area contributed by atoms with Crippen LogP contribution in [0.2, 0.25) is 0 Å². The zero-order chi connectivity index (χ0) is 13.3. The minimum atomic E-state index is -3.62. The van der Waals surface area contributed by atoms with Crippen molar-refractivity contribution in [3.8, 4) is 0 Å². The van der Waals surface area contributed by atoms with Crippen LogP contribution in [0.15, 0.2) is 23.2 Å². The lowest BCUT2D eigenvalue weighted by Gasteiger charge is -2.02. The van der Waals surface area contributed by atoms with Gasteiger partial charge in [0.1, 0.15) is 4.90 Å². The molecule has 0 aliphatic rings. The lowest BCUT2D eigenvalue weighted by Crippen LogP contribution is -2.12. The Bertz CT molecular complexity index is 636. The summed E-state index contributed by atoms with van der Waals surface area (Å²) in [4.78, 5) is 2.94. The molecule has 0 radical (unpaired) electrons. The second kappa shape index (κ2) is 4.46. The zero-order valence-electron chi connectivity index (χ0n) is 10.1. The molecule has 98 valence electrons. The fourth-order valence-electron chi connectivity index (χ4n) is 1.50. The van der Waals surface area contributed by atoms with E-state index in [0.29, 0.717) is 11.5 Å². The SMILES string of the molecule is Cc1cc(NS(=O)(=O)c2c[nH]c(CN)c2)nn1C. The third-order valence-electron chi connectivity index (χ3n) is 2.60.